The molecule has 6 rings (SSSR count). The highest BCUT2D eigenvalue weighted by molar-refractivity contribution is 5.87. The van der Waals surface area contributed by atoms with Gasteiger partial charge in [-0.3, -0.25) is 0 Å². The van der Waals surface area contributed by atoms with Crippen LogP contribution in [0, 0.1) is 17.7 Å². The van der Waals surface area contributed by atoms with Crippen molar-refractivity contribution in [1.82, 2.24) is 14.9 Å². The lowest BCUT2D eigenvalue weighted by molar-refractivity contribution is 0.102. The zero-order chi connectivity index (χ0) is 28.3. The number of nitrogens with two attached hydrogens (primary N) is 1. The summed E-state index contributed by atoms with van der Waals surface area (Å²) in [6.45, 7) is 1.93. The van der Waals surface area contributed by atoms with E-state index in [0.29, 0.717) is 53.7 Å². The predicted molar refractivity (Wildman–Crippen MR) is 150 cm³/mol. The third-order valence-corrected chi connectivity index (χ3v) is 7.34. The number of nitrogens with zero attached hydrogens (tertiary/aromatic N) is 3. The van der Waals surface area contributed by atoms with Crippen LogP contribution < -0.4 is 19.9 Å². The minimum absolute atomic E-state index is 0.00124. The molecular formula is C31H29FN4O5. The first-order valence-corrected chi connectivity index (χ1v) is 13.3. The van der Waals surface area contributed by atoms with Crippen molar-refractivity contribution in [3.63, 3.8) is 0 Å². The molecule has 2 unspecified atom stereocenters. The van der Waals surface area contributed by atoms with E-state index in [4.69, 9.17) is 24.7 Å². The zero-order valence-corrected chi connectivity index (χ0v) is 22.5. The largest absolute Gasteiger partial charge is 0.493 e. The van der Waals surface area contributed by atoms with Gasteiger partial charge in [0.1, 0.15) is 12.9 Å². The Hall–Kier alpha value is -4.86. The summed E-state index contributed by atoms with van der Waals surface area (Å²) in [5.74, 6) is 1.11. The Morgan fingerprint density at radius 2 is 1.93 bits per heavy atom. The van der Waals surface area contributed by atoms with Gasteiger partial charge in [-0.1, -0.05) is 36.4 Å². The Morgan fingerprint density at radius 3 is 2.71 bits per heavy atom. The molecule has 2 aliphatic rings. The number of fused-ring (bicyclic) bond motifs is 2. The third kappa shape index (κ3) is 5.72. The lowest BCUT2D eigenvalue weighted by Crippen LogP contribution is -2.30. The van der Waals surface area contributed by atoms with E-state index in [-0.39, 0.29) is 30.2 Å². The fourth-order valence-electron chi connectivity index (χ4n) is 5.31. The van der Waals surface area contributed by atoms with Crippen molar-refractivity contribution in [2.75, 3.05) is 32.5 Å². The molecule has 9 nitrogen and oxygen atoms in total. The molecule has 1 fully saturated rings. The fraction of sp³-hybridized carbons (Fsp3) is 0.258. The van der Waals surface area contributed by atoms with E-state index < -0.39 is 5.82 Å². The highest BCUT2D eigenvalue weighted by atomic mass is 19.1. The molecule has 10 heteroatoms. The molecule has 41 heavy (non-hydrogen) atoms. The van der Waals surface area contributed by atoms with Gasteiger partial charge in [0.15, 0.2) is 23.1 Å². The molecule has 1 aliphatic heterocycles. The molecule has 0 spiro atoms. The molecule has 1 amide bonds. The summed E-state index contributed by atoms with van der Waals surface area (Å²) < 4.78 is 37.3. The number of methoxy groups -OCH3 is 1. The van der Waals surface area contributed by atoms with E-state index >= 15 is 0 Å². The molecule has 0 saturated carbocycles. The Labute approximate surface area is 236 Å². The van der Waals surface area contributed by atoms with Crippen LogP contribution >= 0.6 is 0 Å². The Bertz CT molecular complexity index is 1610. The van der Waals surface area contributed by atoms with E-state index in [2.05, 4.69) is 16.0 Å². The molecule has 0 radical (unpaired) electrons. The number of aromatic nitrogens is 2. The molecule has 1 saturated heterocycles. The lowest BCUT2D eigenvalue weighted by atomic mass is 10.0. The molecule has 3 aromatic carbocycles. The Kier molecular flexibility index (Phi) is 7.28. The number of carbonyl (C=O) groups excluding carboxylic acids is 1. The van der Waals surface area contributed by atoms with Crippen LogP contribution in [0.1, 0.15) is 12.0 Å². The molecule has 2 atom stereocenters. The number of amides is 1. The summed E-state index contributed by atoms with van der Waals surface area (Å²) >= 11 is 0. The number of rotatable bonds is 8. The second kappa shape index (κ2) is 11.3. The topological polar surface area (TPSA) is 109 Å². The van der Waals surface area contributed by atoms with Crippen LogP contribution in [-0.2, 0) is 11.3 Å². The second-order valence-corrected chi connectivity index (χ2v) is 10.2. The maximum Gasteiger partial charge on any atom is 0.410 e. The van der Waals surface area contributed by atoms with Crippen LogP contribution in [0.15, 0.2) is 78.6 Å². The standard InChI is InChI=1S/C31H29FN4O5/c1-38-28-12-24-26(34-18-35-30(24)41-27-8-7-23(33)11-25(27)32)13-29(28)39-17-20-9-21-14-36(15-22(21)10-20)31(37)40-16-19-5-3-2-4-6-19/h2-9,11-13,18,20,22H,10,14-17,33H2,1H3. The first kappa shape index (κ1) is 26.4. The number of halogens is 1. The van der Waals surface area contributed by atoms with E-state index in [0.717, 1.165) is 12.0 Å². The van der Waals surface area contributed by atoms with Crippen LogP contribution in [0.25, 0.3) is 10.9 Å². The van der Waals surface area contributed by atoms with Gasteiger partial charge in [0.05, 0.1) is 24.6 Å². The van der Waals surface area contributed by atoms with Crippen molar-refractivity contribution in [1.29, 1.82) is 0 Å². The third-order valence-electron chi connectivity index (χ3n) is 7.34. The van der Waals surface area contributed by atoms with Gasteiger partial charge in [0.25, 0.3) is 0 Å². The minimum atomic E-state index is -0.591. The van der Waals surface area contributed by atoms with Gasteiger partial charge >= 0.3 is 6.09 Å². The Balaban J connectivity index is 1.09. The number of likely N-dealkylation sites (tertiary alicyclic amines) is 1. The molecule has 210 valence electrons. The van der Waals surface area contributed by atoms with Crippen molar-refractivity contribution in [2.45, 2.75) is 13.0 Å². The number of ether oxygens (including phenoxy) is 4. The summed E-state index contributed by atoms with van der Waals surface area (Å²) in [4.78, 5) is 22.9. The van der Waals surface area contributed by atoms with Gasteiger partial charge in [-0.05, 0) is 35.8 Å². The number of anilines is 1. The van der Waals surface area contributed by atoms with Gasteiger partial charge in [0, 0.05) is 42.7 Å². The zero-order valence-electron chi connectivity index (χ0n) is 22.5. The summed E-state index contributed by atoms with van der Waals surface area (Å²) in [5.41, 5.74) is 8.70. The van der Waals surface area contributed by atoms with Crippen LogP contribution in [-0.4, -0.2) is 47.8 Å². The van der Waals surface area contributed by atoms with Gasteiger partial charge in [-0.2, -0.15) is 0 Å². The van der Waals surface area contributed by atoms with E-state index in [1.807, 2.05) is 30.3 Å². The van der Waals surface area contributed by atoms with Crippen LogP contribution in [0.4, 0.5) is 14.9 Å². The molecule has 2 heterocycles. The number of benzene rings is 3. The first-order valence-electron chi connectivity index (χ1n) is 13.3. The number of hydrogen-bond acceptors (Lipinski definition) is 8. The van der Waals surface area contributed by atoms with Gasteiger partial charge in [0.2, 0.25) is 5.88 Å². The SMILES string of the molecule is COc1cc2c(Oc3ccc(N)cc3F)ncnc2cc1OCC1C=C2CN(C(=O)OCc3ccccc3)CC2C1. The molecular weight excluding hydrogens is 527 g/mol. The van der Waals surface area contributed by atoms with Crippen molar-refractivity contribution >= 4 is 22.7 Å². The second-order valence-electron chi connectivity index (χ2n) is 10.2. The number of carbonyl (C=O) groups is 1. The maximum atomic E-state index is 14.3. The molecule has 1 aromatic heterocycles. The summed E-state index contributed by atoms with van der Waals surface area (Å²) in [6.07, 6.45) is 4.16. The van der Waals surface area contributed by atoms with Gasteiger partial charge in [-0.15, -0.1) is 0 Å². The highest BCUT2D eigenvalue weighted by Gasteiger charge is 2.37. The summed E-state index contributed by atoms with van der Waals surface area (Å²) in [7, 11) is 1.55. The van der Waals surface area contributed by atoms with Crippen molar-refractivity contribution in [3.05, 3.63) is 90.0 Å². The van der Waals surface area contributed by atoms with Crippen molar-refractivity contribution in [3.8, 4) is 23.1 Å². The fourth-order valence-corrected chi connectivity index (χ4v) is 5.31. The first-order chi connectivity index (χ1) is 20.0. The monoisotopic (exact) mass is 556 g/mol. The van der Waals surface area contributed by atoms with Crippen LogP contribution in [0.3, 0.4) is 0 Å². The minimum Gasteiger partial charge on any atom is -0.493 e. The average molecular weight is 557 g/mol. The normalized spacial score (nSPS) is 17.7. The number of hydrogen-bond donors (Lipinski definition) is 1. The smallest absolute Gasteiger partial charge is 0.410 e. The molecule has 1 aliphatic carbocycles. The van der Waals surface area contributed by atoms with E-state index in [1.165, 1.54) is 24.0 Å². The maximum absolute atomic E-state index is 14.3. The van der Waals surface area contributed by atoms with Crippen molar-refractivity contribution < 1.29 is 28.1 Å². The van der Waals surface area contributed by atoms with Crippen LogP contribution in [0.5, 0.6) is 23.1 Å². The van der Waals surface area contributed by atoms with E-state index in [1.54, 1.807) is 30.2 Å². The molecule has 0 bridgehead atoms. The van der Waals surface area contributed by atoms with E-state index in [9.17, 15) is 9.18 Å². The lowest BCUT2D eigenvalue weighted by Gasteiger charge is -2.18. The van der Waals surface area contributed by atoms with Gasteiger partial charge in [-0.25, -0.2) is 19.2 Å². The predicted octanol–water partition coefficient (Wildman–Crippen LogP) is 5.75. The van der Waals surface area contributed by atoms with Crippen molar-refractivity contribution in [2.24, 2.45) is 11.8 Å². The molecule has 4 aromatic rings. The summed E-state index contributed by atoms with van der Waals surface area (Å²) in [5, 5.41) is 0.546. The number of nitrogen functional groups attached to an aromatic ring is 1. The summed E-state index contributed by atoms with van der Waals surface area (Å²) in [6, 6.07) is 17.3. The average Bonchev–Trinajstić information content (AvgIpc) is 3.56. The quantitative estimate of drug-likeness (QED) is 0.216. The molecule has 2 N–H and O–H groups in total. The highest BCUT2D eigenvalue weighted by Crippen LogP contribution is 2.39. The Morgan fingerprint density at radius 1 is 1.07 bits per heavy atom. The van der Waals surface area contributed by atoms with Crippen LogP contribution in [0.2, 0.25) is 0 Å². The van der Waals surface area contributed by atoms with Gasteiger partial charge < -0.3 is 29.6 Å².